The van der Waals surface area contributed by atoms with Crippen LogP contribution in [0.5, 0.6) is 5.75 Å². The van der Waals surface area contributed by atoms with Crippen molar-refractivity contribution in [3.63, 3.8) is 0 Å². The molecule has 1 heterocycles. The predicted molar refractivity (Wildman–Crippen MR) is 123 cm³/mol. The molecular weight excluding hydrogens is 418 g/mol. The number of rotatable bonds is 7. The van der Waals surface area contributed by atoms with E-state index in [0.29, 0.717) is 35.0 Å². The molecule has 0 saturated carbocycles. The Morgan fingerprint density at radius 3 is 2.82 bits per heavy atom. The molecule has 0 saturated heterocycles. The van der Waals surface area contributed by atoms with E-state index in [4.69, 9.17) is 9.26 Å². The Morgan fingerprint density at radius 2 is 2.12 bits per heavy atom. The van der Waals surface area contributed by atoms with Gasteiger partial charge >= 0.3 is 5.97 Å². The maximum absolute atomic E-state index is 11.6. The van der Waals surface area contributed by atoms with Gasteiger partial charge in [-0.05, 0) is 82.2 Å². The first-order chi connectivity index (χ1) is 15.7. The molecule has 7 nitrogen and oxygen atoms in total. The normalized spacial score (nSPS) is 15.3. The number of carboxylic acids is 1. The fourth-order valence-corrected chi connectivity index (χ4v) is 4.42. The molecule has 0 radical (unpaired) electrons. The van der Waals surface area contributed by atoms with Crippen LogP contribution in [0.1, 0.15) is 63.1 Å². The first-order valence-electron chi connectivity index (χ1n) is 11.1. The second-order valence-electron chi connectivity index (χ2n) is 9.41. The van der Waals surface area contributed by atoms with Crippen molar-refractivity contribution in [3.05, 3.63) is 53.1 Å². The van der Waals surface area contributed by atoms with Gasteiger partial charge in [0.2, 0.25) is 5.82 Å². The minimum Gasteiger partial charge on any atom is -0.490 e. The minimum absolute atomic E-state index is 0.0389. The summed E-state index contributed by atoms with van der Waals surface area (Å²) >= 11 is 0. The average molecular weight is 446 g/mol. The molecule has 7 heteroatoms. The SMILES string of the molecule is CC(C)Oc1ccc(-c2nc(-c3cccc4c3CCC4CC(C)(C)C(=O)O)no2)cc1C#N. The Morgan fingerprint density at radius 1 is 1.33 bits per heavy atom. The molecule has 1 unspecified atom stereocenters. The Bertz CT molecular complexity index is 1240. The first-order valence-corrected chi connectivity index (χ1v) is 11.1. The van der Waals surface area contributed by atoms with Gasteiger partial charge in [-0.15, -0.1) is 0 Å². The molecular formula is C26H27N3O4. The van der Waals surface area contributed by atoms with Crippen molar-refractivity contribution in [1.29, 1.82) is 5.26 Å². The van der Waals surface area contributed by atoms with Crippen molar-refractivity contribution < 1.29 is 19.2 Å². The Labute approximate surface area is 193 Å². The van der Waals surface area contributed by atoms with Crippen molar-refractivity contribution in [2.75, 3.05) is 0 Å². The number of benzene rings is 2. The van der Waals surface area contributed by atoms with E-state index in [1.54, 1.807) is 32.0 Å². The molecule has 0 bridgehead atoms. The van der Waals surface area contributed by atoms with Gasteiger partial charge in [0.05, 0.1) is 17.1 Å². The smallest absolute Gasteiger partial charge is 0.309 e. The number of carbonyl (C=O) groups is 1. The number of ether oxygens (including phenoxy) is 1. The summed E-state index contributed by atoms with van der Waals surface area (Å²) in [5.41, 5.74) is 3.48. The molecule has 2 aromatic carbocycles. The zero-order valence-electron chi connectivity index (χ0n) is 19.3. The van der Waals surface area contributed by atoms with E-state index in [0.717, 1.165) is 29.5 Å². The summed E-state index contributed by atoms with van der Waals surface area (Å²) in [6, 6.07) is 13.4. The Hall–Kier alpha value is -3.66. The Balaban J connectivity index is 1.63. The van der Waals surface area contributed by atoms with E-state index < -0.39 is 11.4 Å². The maximum atomic E-state index is 11.6. The van der Waals surface area contributed by atoms with Crippen molar-refractivity contribution in [3.8, 4) is 34.7 Å². The van der Waals surface area contributed by atoms with E-state index in [-0.39, 0.29) is 12.0 Å². The number of nitriles is 1. The lowest BCUT2D eigenvalue weighted by atomic mass is 9.80. The predicted octanol–water partition coefficient (Wildman–Crippen LogP) is 5.59. The molecule has 0 fully saturated rings. The maximum Gasteiger partial charge on any atom is 0.309 e. The van der Waals surface area contributed by atoms with E-state index in [1.807, 2.05) is 26.0 Å². The third-order valence-electron chi connectivity index (χ3n) is 6.11. The summed E-state index contributed by atoms with van der Waals surface area (Å²) in [5, 5.41) is 23.2. The fraction of sp³-hybridized carbons (Fsp3) is 0.385. The summed E-state index contributed by atoms with van der Waals surface area (Å²) in [7, 11) is 0. The summed E-state index contributed by atoms with van der Waals surface area (Å²) in [6.45, 7) is 7.36. The third-order valence-corrected chi connectivity index (χ3v) is 6.11. The highest BCUT2D eigenvalue weighted by Gasteiger charge is 2.35. The number of hydrogen-bond donors (Lipinski definition) is 1. The minimum atomic E-state index is -0.786. The highest BCUT2D eigenvalue weighted by Crippen LogP contribution is 2.44. The third kappa shape index (κ3) is 4.47. The van der Waals surface area contributed by atoms with Crippen LogP contribution in [0.2, 0.25) is 0 Å². The summed E-state index contributed by atoms with van der Waals surface area (Å²) in [4.78, 5) is 16.2. The summed E-state index contributed by atoms with van der Waals surface area (Å²) in [5.74, 6) is 0.741. The van der Waals surface area contributed by atoms with Gasteiger partial charge in [0.15, 0.2) is 0 Å². The molecule has 33 heavy (non-hydrogen) atoms. The number of aliphatic carboxylic acids is 1. The molecule has 0 amide bonds. The molecule has 1 atom stereocenters. The topological polar surface area (TPSA) is 109 Å². The van der Waals surface area contributed by atoms with Crippen LogP contribution in [0.25, 0.3) is 22.8 Å². The van der Waals surface area contributed by atoms with E-state index in [9.17, 15) is 15.2 Å². The second-order valence-corrected chi connectivity index (χ2v) is 9.41. The number of carboxylic acid groups (broad SMARTS) is 1. The monoisotopic (exact) mass is 445 g/mol. The van der Waals surface area contributed by atoms with Gasteiger partial charge in [-0.25, -0.2) is 0 Å². The standard InChI is InChI=1S/C26H27N3O4/c1-15(2)32-22-11-9-16(12-18(22)14-27)24-28-23(29-33-24)21-7-5-6-19-17(8-10-20(19)21)13-26(3,4)25(30)31/h5-7,9,11-12,15,17H,8,10,13H2,1-4H3,(H,30,31). The quantitative estimate of drug-likeness (QED) is 0.504. The van der Waals surface area contributed by atoms with Crippen molar-refractivity contribution >= 4 is 5.97 Å². The van der Waals surface area contributed by atoms with Crippen LogP contribution in [-0.2, 0) is 11.2 Å². The van der Waals surface area contributed by atoms with Crippen LogP contribution in [-0.4, -0.2) is 27.3 Å². The van der Waals surface area contributed by atoms with Crippen LogP contribution < -0.4 is 4.74 Å². The number of fused-ring (bicyclic) bond motifs is 1. The van der Waals surface area contributed by atoms with Gasteiger partial charge < -0.3 is 14.4 Å². The van der Waals surface area contributed by atoms with Gasteiger partial charge in [-0.1, -0.05) is 23.4 Å². The summed E-state index contributed by atoms with van der Waals surface area (Å²) in [6.07, 6.45) is 2.28. The first kappa shape index (κ1) is 22.5. The zero-order chi connectivity index (χ0) is 23.8. The molecule has 1 aliphatic rings. The number of aromatic nitrogens is 2. The molecule has 0 spiro atoms. The highest BCUT2D eigenvalue weighted by atomic mass is 16.5. The highest BCUT2D eigenvalue weighted by molar-refractivity contribution is 5.74. The van der Waals surface area contributed by atoms with Crippen LogP contribution in [0.15, 0.2) is 40.9 Å². The van der Waals surface area contributed by atoms with Gasteiger partial charge in [0, 0.05) is 11.1 Å². The van der Waals surface area contributed by atoms with Crippen molar-refractivity contribution in [2.45, 2.75) is 59.0 Å². The van der Waals surface area contributed by atoms with Crippen LogP contribution in [0, 0.1) is 16.7 Å². The lowest BCUT2D eigenvalue weighted by molar-refractivity contribution is -0.147. The lowest BCUT2D eigenvalue weighted by Gasteiger charge is -2.23. The molecule has 1 aliphatic carbocycles. The molecule has 0 aliphatic heterocycles. The number of hydrogen-bond acceptors (Lipinski definition) is 6. The van der Waals surface area contributed by atoms with Crippen LogP contribution in [0.3, 0.4) is 0 Å². The zero-order valence-corrected chi connectivity index (χ0v) is 19.3. The molecule has 170 valence electrons. The average Bonchev–Trinajstić information content (AvgIpc) is 3.41. The van der Waals surface area contributed by atoms with Crippen LogP contribution >= 0.6 is 0 Å². The number of nitrogens with zero attached hydrogens (tertiary/aromatic N) is 3. The molecule has 1 aromatic heterocycles. The van der Waals surface area contributed by atoms with Gasteiger partial charge in [-0.2, -0.15) is 10.2 Å². The molecule has 4 rings (SSSR count). The Kier molecular flexibility index (Phi) is 5.94. The van der Waals surface area contributed by atoms with E-state index in [1.165, 1.54) is 0 Å². The lowest BCUT2D eigenvalue weighted by Crippen LogP contribution is -2.25. The second kappa shape index (κ2) is 8.70. The van der Waals surface area contributed by atoms with Gasteiger partial charge in [0.1, 0.15) is 11.8 Å². The fourth-order valence-electron chi connectivity index (χ4n) is 4.42. The van der Waals surface area contributed by atoms with Crippen molar-refractivity contribution in [1.82, 2.24) is 10.1 Å². The molecule has 1 N–H and O–H groups in total. The van der Waals surface area contributed by atoms with E-state index in [2.05, 4.69) is 22.3 Å². The van der Waals surface area contributed by atoms with Gasteiger partial charge in [0.25, 0.3) is 5.89 Å². The largest absolute Gasteiger partial charge is 0.490 e. The molecule has 3 aromatic rings. The van der Waals surface area contributed by atoms with Crippen LogP contribution in [0.4, 0.5) is 0 Å². The summed E-state index contributed by atoms with van der Waals surface area (Å²) < 4.78 is 11.2. The van der Waals surface area contributed by atoms with E-state index >= 15 is 0 Å². The van der Waals surface area contributed by atoms with Crippen molar-refractivity contribution in [2.24, 2.45) is 5.41 Å². The van der Waals surface area contributed by atoms with Gasteiger partial charge in [-0.3, -0.25) is 4.79 Å².